The SMILES string of the molecule is Nc1cc(C(CCN[C@H]2CC[C@H](c3ccc(=O)[nH]c3)CC2)c2ccccc2)c2nn[nH]c2n1. The maximum atomic E-state index is 11.3. The van der Waals surface area contributed by atoms with Crippen LogP contribution in [0.2, 0.25) is 0 Å². The first-order valence-electron chi connectivity index (χ1n) is 11.6. The lowest BCUT2D eigenvalue weighted by Gasteiger charge is -2.30. The summed E-state index contributed by atoms with van der Waals surface area (Å²) in [6.07, 6.45) is 7.33. The zero-order valence-corrected chi connectivity index (χ0v) is 18.5. The van der Waals surface area contributed by atoms with Crippen molar-refractivity contribution in [2.75, 3.05) is 12.3 Å². The van der Waals surface area contributed by atoms with E-state index in [-0.39, 0.29) is 11.5 Å². The summed E-state index contributed by atoms with van der Waals surface area (Å²) >= 11 is 0. The van der Waals surface area contributed by atoms with E-state index in [1.54, 1.807) is 6.07 Å². The van der Waals surface area contributed by atoms with E-state index < -0.39 is 0 Å². The number of nitrogens with one attached hydrogen (secondary N) is 3. The third kappa shape index (κ3) is 4.80. The number of hydrogen-bond donors (Lipinski definition) is 4. The Kier molecular flexibility index (Phi) is 6.17. The van der Waals surface area contributed by atoms with Gasteiger partial charge < -0.3 is 16.0 Å². The van der Waals surface area contributed by atoms with E-state index >= 15 is 0 Å². The molecule has 0 saturated heterocycles. The summed E-state index contributed by atoms with van der Waals surface area (Å²) < 4.78 is 0. The van der Waals surface area contributed by atoms with Gasteiger partial charge in [0.2, 0.25) is 5.56 Å². The van der Waals surface area contributed by atoms with Gasteiger partial charge in [0.1, 0.15) is 11.3 Å². The molecule has 3 heterocycles. The molecule has 0 amide bonds. The second-order valence-electron chi connectivity index (χ2n) is 8.89. The monoisotopic (exact) mass is 443 g/mol. The second-order valence-corrected chi connectivity index (χ2v) is 8.89. The highest BCUT2D eigenvalue weighted by atomic mass is 16.1. The summed E-state index contributed by atoms with van der Waals surface area (Å²) in [5, 5.41) is 14.9. The van der Waals surface area contributed by atoms with E-state index in [4.69, 9.17) is 5.73 Å². The smallest absolute Gasteiger partial charge is 0.247 e. The molecule has 5 rings (SSSR count). The fourth-order valence-corrected chi connectivity index (χ4v) is 5.08. The molecule has 1 aromatic carbocycles. The molecule has 1 atom stereocenters. The van der Waals surface area contributed by atoms with Crippen LogP contribution in [0, 0.1) is 0 Å². The molecule has 0 bridgehead atoms. The number of H-pyrrole nitrogens is 2. The molecule has 170 valence electrons. The largest absolute Gasteiger partial charge is 0.384 e. The Morgan fingerprint density at radius 1 is 1.09 bits per heavy atom. The minimum atomic E-state index is -0.0408. The number of hydrogen-bond acceptors (Lipinski definition) is 6. The minimum absolute atomic E-state index is 0.0408. The third-order valence-corrected chi connectivity index (χ3v) is 6.80. The number of nitrogens with zero attached hydrogens (tertiary/aromatic N) is 3. The summed E-state index contributed by atoms with van der Waals surface area (Å²) in [4.78, 5) is 18.5. The van der Waals surface area contributed by atoms with E-state index in [0.29, 0.717) is 23.4 Å². The highest BCUT2D eigenvalue weighted by molar-refractivity contribution is 5.77. The van der Waals surface area contributed by atoms with Gasteiger partial charge in [0.25, 0.3) is 0 Å². The highest BCUT2D eigenvalue weighted by Gasteiger charge is 2.24. The number of nitrogen functional groups attached to an aromatic ring is 1. The van der Waals surface area contributed by atoms with Gasteiger partial charge >= 0.3 is 0 Å². The standard InChI is InChI=1S/C25H29N7O/c26-22-14-21(24-25(29-22)31-32-30-24)20(17-4-2-1-3-5-17)12-13-27-19-9-6-16(7-10-19)18-8-11-23(33)28-15-18/h1-5,8,11,14-16,19-20,27H,6-7,9-10,12-13H2,(H,28,33)(H3,26,29,30,31,32)/t16-,19-,20?. The quantitative estimate of drug-likeness (QED) is 0.347. The van der Waals surface area contributed by atoms with Crippen LogP contribution in [0.1, 0.15) is 60.6 Å². The normalized spacial score (nSPS) is 19.5. The van der Waals surface area contributed by atoms with Gasteiger partial charge in [-0.05, 0) is 67.3 Å². The molecule has 4 aromatic rings. The predicted octanol–water partition coefficient (Wildman–Crippen LogP) is 3.46. The summed E-state index contributed by atoms with van der Waals surface area (Å²) in [7, 11) is 0. The van der Waals surface area contributed by atoms with Crippen LogP contribution >= 0.6 is 0 Å². The van der Waals surface area contributed by atoms with E-state index in [0.717, 1.165) is 49.7 Å². The van der Waals surface area contributed by atoms with Gasteiger partial charge in [-0.15, -0.1) is 5.10 Å². The Morgan fingerprint density at radius 2 is 1.91 bits per heavy atom. The van der Waals surface area contributed by atoms with Crippen molar-refractivity contribution in [2.45, 2.75) is 50.0 Å². The van der Waals surface area contributed by atoms with Crippen LogP contribution in [-0.4, -0.2) is 38.0 Å². The van der Waals surface area contributed by atoms with Crippen LogP contribution in [0.5, 0.6) is 0 Å². The zero-order valence-electron chi connectivity index (χ0n) is 18.5. The van der Waals surface area contributed by atoms with Gasteiger partial charge in [0.05, 0.1) is 0 Å². The number of benzene rings is 1. The van der Waals surface area contributed by atoms with Gasteiger partial charge in [0.15, 0.2) is 5.65 Å². The first-order valence-corrected chi connectivity index (χ1v) is 11.6. The summed E-state index contributed by atoms with van der Waals surface area (Å²) in [6.45, 7) is 0.898. The van der Waals surface area contributed by atoms with Crippen molar-refractivity contribution in [3.05, 3.63) is 81.8 Å². The summed E-state index contributed by atoms with van der Waals surface area (Å²) in [5.41, 5.74) is 11.0. The third-order valence-electron chi connectivity index (χ3n) is 6.80. The van der Waals surface area contributed by atoms with Crippen molar-refractivity contribution < 1.29 is 0 Å². The number of fused-ring (bicyclic) bond motifs is 1. The van der Waals surface area contributed by atoms with Crippen LogP contribution in [0.25, 0.3) is 11.2 Å². The van der Waals surface area contributed by atoms with Crippen LogP contribution in [0.15, 0.2) is 59.5 Å². The van der Waals surface area contributed by atoms with Crippen molar-refractivity contribution >= 4 is 17.0 Å². The molecule has 0 radical (unpaired) electrons. The van der Waals surface area contributed by atoms with Crippen LogP contribution in [0.3, 0.4) is 0 Å². The molecule has 0 spiro atoms. The first-order chi connectivity index (χ1) is 16.2. The molecule has 1 saturated carbocycles. The molecule has 1 fully saturated rings. The van der Waals surface area contributed by atoms with Crippen LogP contribution in [0.4, 0.5) is 5.82 Å². The van der Waals surface area contributed by atoms with E-state index in [9.17, 15) is 4.79 Å². The molecule has 5 N–H and O–H groups in total. The molecule has 33 heavy (non-hydrogen) atoms. The Bertz CT molecular complexity index is 1240. The maximum absolute atomic E-state index is 11.3. The van der Waals surface area contributed by atoms with Gasteiger partial charge in [-0.3, -0.25) is 4.79 Å². The molecule has 1 aliphatic carbocycles. The fraction of sp³-hybridized carbons (Fsp3) is 0.360. The van der Waals surface area contributed by atoms with Crippen LogP contribution in [-0.2, 0) is 0 Å². The molecule has 1 aliphatic rings. The Morgan fingerprint density at radius 3 is 2.67 bits per heavy atom. The van der Waals surface area contributed by atoms with Gasteiger partial charge in [-0.2, -0.15) is 0 Å². The second kappa shape index (κ2) is 9.54. The van der Waals surface area contributed by atoms with E-state index in [1.807, 2.05) is 24.4 Å². The fourth-order valence-electron chi connectivity index (χ4n) is 5.08. The molecule has 3 aromatic heterocycles. The predicted molar refractivity (Wildman–Crippen MR) is 129 cm³/mol. The van der Waals surface area contributed by atoms with Crippen LogP contribution < -0.4 is 16.6 Å². The zero-order chi connectivity index (χ0) is 22.6. The highest BCUT2D eigenvalue weighted by Crippen LogP contribution is 2.34. The van der Waals surface area contributed by atoms with Gasteiger partial charge in [-0.1, -0.05) is 41.6 Å². The average Bonchev–Trinajstić information content (AvgIpc) is 3.31. The topological polar surface area (TPSA) is 125 Å². The molecule has 1 unspecified atom stereocenters. The number of nitrogens with two attached hydrogens (primary N) is 1. The molecule has 0 aliphatic heterocycles. The number of pyridine rings is 2. The Balaban J connectivity index is 1.25. The van der Waals surface area contributed by atoms with Crippen molar-refractivity contribution in [3.63, 3.8) is 0 Å². The van der Waals surface area contributed by atoms with Crippen molar-refractivity contribution in [3.8, 4) is 0 Å². The summed E-state index contributed by atoms with van der Waals surface area (Å²) in [5.74, 6) is 1.14. The molecular weight excluding hydrogens is 414 g/mol. The molecular formula is C25H29N7O. The number of rotatable bonds is 7. The van der Waals surface area contributed by atoms with Gasteiger partial charge in [-0.25, -0.2) is 10.1 Å². The Labute approximate surface area is 192 Å². The van der Waals surface area contributed by atoms with E-state index in [1.165, 1.54) is 11.1 Å². The lowest BCUT2D eigenvalue weighted by atomic mass is 9.82. The van der Waals surface area contributed by atoms with Crippen molar-refractivity contribution in [1.82, 2.24) is 30.7 Å². The average molecular weight is 444 g/mol. The number of anilines is 1. The van der Waals surface area contributed by atoms with E-state index in [2.05, 4.69) is 55.0 Å². The minimum Gasteiger partial charge on any atom is -0.384 e. The number of aromatic amines is 2. The Hall–Kier alpha value is -3.52. The maximum Gasteiger partial charge on any atom is 0.247 e. The molecule has 8 heteroatoms. The summed E-state index contributed by atoms with van der Waals surface area (Å²) in [6, 6.07) is 16.5. The van der Waals surface area contributed by atoms with Crippen molar-refractivity contribution in [1.29, 1.82) is 0 Å². The first kappa shape index (κ1) is 21.3. The molecule has 8 nitrogen and oxygen atoms in total. The van der Waals surface area contributed by atoms with Gasteiger partial charge in [0, 0.05) is 24.2 Å². The number of aromatic nitrogens is 5. The lowest BCUT2D eigenvalue weighted by molar-refractivity contribution is 0.340. The van der Waals surface area contributed by atoms with Crippen molar-refractivity contribution in [2.24, 2.45) is 0 Å². The lowest BCUT2D eigenvalue weighted by Crippen LogP contribution is -2.34.